The lowest BCUT2D eigenvalue weighted by Crippen LogP contribution is -2.22. The van der Waals surface area contributed by atoms with Crippen molar-refractivity contribution in [3.05, 3.63) is 66.3 Å². The van der Waals surface area contributed by atoms with E-state index in [0.29, 0.717) is 17.5 Å². The first-order valence-corrected chi connectivity index (χ1v) is 7.38. The van der Waals surface area contributed by atoms with Gasteiger partial charge in [0.2, 0.25) is 5.89 Å². The van der Waals surface area contributed by atoms with Crippen LogP contribution in [0, 0.1) is 6.92 Å². The number of halogens is 1. The van der Waals surface area contributed by atoms with Crippen molar-refractivity contribution in [3.63, 3.8) is 0 Å². The Morgan fingerprint density at radius 2 is 1.92 bits per heavy atom. The van der Waals surface area contributed by atoms with E-state index in [2.05, 4.69) is 20.4 Å². The molecule has 1 heterocycles. The van der Waals surface area contributed by atoms with Crippen molar-refractivity contribution in [1.82, 2.24) is 10.1 Å². The third kappa shape index (κ3) is 5.75. The molecule has 0 fully saturated rings. The fourth-order valence-electron chi connectivity index (χ4n) is 2.01. The number of nitrogens with one attached hydrogen (secondary N) is 1. The summed E-state index contributed by atoms with van der Waals surface area (Å²) in [5, 5.41) is 6.77. The van der Waals surface area contributed by atoms with Crippen LogP contribution in [-0.2, 0) is 6.54 Å². The van der Waals surface area contributed by atoms with Gasteiger partial charge in [-0.25, -0.2) is 4.99 Å². The summed E-state index contributed by atoms with van der Waals surface area (Å²) in [7, 11) is 0. The van der Waals surface area contributed by atoms with Gasteiger partial charge in [0.15, 0.2) is 11.8 Å². The molecule has 7 nitrogen and oxygen atoms in total. The minimum atomic E-state index is 0. The van der Waals surface area contributed by atoms with Crippen LogP contribution in [0.1, 0.15) is 11.7 Å². The van der Waals surface area contributed by atoms with Gasteiger partial charge < -0.3 is 20.3 Å². The Morgan fingerprint density at radius 1 is 1.16 bits per heavy atom. The van der Waals surface area contributed by atoms with Crippen LogP contribution in [0.15, 0.2) is 64.1 Å². The second-order valence-corrected chi connectivity index (χ2v) is 5.00. The van der Waals surface area contributed by atoms with Crippen LogP contribution in [-0.4, -0.2) is 16.1 Å². The second-order valence-electron chi connectivity index (χ2n) is 5.00. The highest BCUT2D eigenvalue weighted by Crippen LogP contribution is 2.23. The molecular formula is C17H18IN5O2. The van der Waals surface area contributed by atoms with E-state index in [4.69, 9.17) is 15.0 Å². The van der Waals surface area contributed by atoms with Gasteiger partial charge in [0, 0.05) is 18.7 Å². The normalized spacial score (nSPS) is 10.8. The molecule has 0 saturated carbocycles. The number of rotatable bonds is 5. The minimum Gasteiger partial charge on any atom is -0.457 e. The number of hydrogen-bond donors (Lipinski definition) is 2. The Kier molecular flexibility index (Phi) is 6.75. The van der Waals surface area contributed by atoms with Crippen LogP contribution in [0.2, 0.25) is 0 Å². The number of hydrogen-bond acceptors (Lipinski definition) is 5. The summed E-state index contributed by atoms with van der Waals surface area (Å²) >= 11 is 0. The number of aromatic nitrogens is 2. The zero-order valence-electron chi connectivity index (χ0n) is 13.5. The van der Waals surface area contributed by atoms with Crippen LogP contribution < -0.4 is 15.8 Å². The lowest BCUT2D eigenvalue weighted by atomic mass is 10.3. The van der Waals surface area contributed by atoms with Gasteiger partial charge in [-0.15, -0.1) is 24.0 Å². The Hall–Kier alpha value is -2.62. The number of aryl methyl sites for hydroxylation is 1. The summed E-state index contributed by atoms with van der Waals surface area (Å²) in [5.41, 5.74) is 6.65. The van der Waals surface area contributed by atoms with E-state index in [-0.39, 0.29) is 36.5 Å². The maximum Gasteiger partial charge on any atom is 0.223 e. The summed E-state index contributed by atoms with van der Waals surface area (Å²) < 4.78 is 10.7. The van der Waals surface area contributed by atoms with Gasteiger partial charge in [0.25, 0.3) is 0 Å². The van der Waals surface area contributed by atoms with E-state index in [9.17, 15) is 0 Å². The van der Waals surface area contributed by atoms with Crippen molar-refractivity contribution in [3.8, 4) is 11.5 Å². The third-order valence-electron chi connectivity index (χ3n) is 3.05. The maximum absolute atomic E-state index is 5.87. The van der Waals surface area contributed by atoms with Crippen LogP contribution in [0.4, 0.5) is 5.69 Å². The molecule has 0 spiro atoms. The summed E-state index contributed by atoms with van der Waals surface area (Å²) in [4.78, 5) is 8.24. The largest absolute Gasteiger partial charge is 0.457 e. The van der Waals surface area contributed by atoms with Crippen molar-refractivity contribution >= 4 is 35.6 Å². The first kappa shape index (κ1) is 18.7. The molecule has 0 aliphatic carbocycles. The fourth-order valence-corrected chi connectivity index (χ4v) is 2.01. The van der Waals surface area contributed by atoms with Crippen LogP contribution in [0.3, 0.4) is 0 Å². The molecule has 0 bridgehead atoms. The Bertz CT molecular complexity index is 836. The monoisotopic (exact) mass is 451 g/mol. The maximum atomic E-state index is 5.87. The molecule has 0 unspecified atom stereocenters. The number of nitrogens with two attached hydrogens (primary N) is 1. The third-order valence-corrected chi connectivity index (χ3v) is 3.05. The van der Waals surface area contributed by atoms with E-state index in [1.54, 1.807) is 6.92 Å². The van der Waals surface area contributed by atoms with Crippen LogP contribution in [0.5, 0.6) is 11.5 Å². The molecule has 0 radical (unpaired) electrons. The molecule has 25 heavy (non-hydrogen) atoms. The van der Waals surface area contributed by atoms with Gasteiger partial charge in [-0.1, -0.05) is 29.4 Å². The highest BCUT2D eigenvalue weighted by atomic mass is 127. The number of guanidine groups is 1. The molecular weight excluding hydrogens is 433 g/mol. The fraction of sp³-hybridized carbons (Fsp3) is 0.118. The molecule has 3 aromatic rings. The van der Waals surface area contributed by atoms with Crippen molar-refractivity contribution in [2.45, 2.75) is 13.5 Å². The van der Waals surface area contributed by atoms with Gasteiger partial charge >= 0.3 is 0 Å². The SMILES string of the molecule is Cc1nc(CN=C(N)Nc2cccc(Oc3ccccc3)c2)no1.I. The van der Waals surface area contributed by atoms with Crippen molar-refractivity contribution in [2.75, 3.05) is 5.32 Å². The summed E-state index contributed by atoms with van der Waals surface area (Å²) in [6.45, 7) is 1.97. The highest BCUT2D eigenvalue weighted by molar-refractivity contribution is 14.0. The molecule has 0 amide bonds. The summed E-state index contributed by atoms with van der Waals surface area (Å²) in [6.07, 6.45) is 0. The lowest BCUT2D eigenvalue weighted by Gasteiger charge is -2.09. The molecule has 3 N–H and O–H groups in total. The quantitative estimate of drug-likeness (QED) is 0.349. The lowest BCUT2D eigenvalue weighted by molar-refractivity contribution is 0.387. The molecule has 1 aromatic heterocycles. The number of para-hydroxylation sites is 1. The predicted molar refractivity (Wildman–Crippen MR) is 106 cm³/mol. The number of aliphatic imine (C=N–C) groups is 1. The molecule has 0 atom stereocenters. The van der Waals surface area contributed by atoms with Gasteiger partial charge in [-0.3, -0.25) is 0 Å². The minimum absolute atomic E-state index is 0. The van der Waals surface area contributed by atoms with Gasteiger partial charge in [0.1, 0.15) is 18.0 Å². The van der Waals surface area contributed by atoms with Gasteiger partial charge in [-0.2, -0.15) is 4.98 Å². The van der Waals surface area contributed by atoms with E-state index in [1.807, 2.05) is 54.6 Å². The average Bonchev–Trinajstić information content (AvgIpc) is 3.00. The van der Waals surface area contributed by atoms with Crippen molar-refractivity contribution in [1.29, 1.82) is 0 Å². The number of anilines is 1. The molecule has 2 aromatic carbocycles. The van der Waals surface area contributed by atoms with E-state index in [0.717, 1.165) is 11.4 Å². The standard InChI is InChI=1S/C17H17N5O2.HI/c1-12-20-16(22-24-12)11-19-17(18)21-13-6-5-9-15(10-13)23-14-7-3-2-4-8-14;/h2-10H,11H2,1H3,(H3,18,19,21);1H. The van der Waals surface area contributed by atoms with Crippen molar-refractivity contribution < 1.29 is 9.26 Å². The molecule has 130 valence electrons. The van der Waals surface area contributed by atoms with Crippen LogP contribution >= 0.6 is 24.0 Å². The highest BCUT2D eigenvalue weighted by Gasteiger charge is 2.03. The zero-order chi connectivity index (χ0) is 16.8. The van der Waals surface area contributed by atoms with Gasteiger partial charge in [0.05, 0.1) is 0 Å². The number of nitrogens with zero attached hydrogens (tertiary/aromatic N) is 3. The average molecular weight is 451 g/mol. The molecule has 3 rings (SSSR count). The number of benzene rings is 2. The van der Waals surface area contributed by atoms with E-state index >= 15 is 0 Å². The second kappa shape index (κ2) is 9.02. The molecule has 8 heteroatoms. The predicted octanol–water partition coefficient (Wildman–Crippen LogP) is 3.72. The van der Waals surface area contributed by atoms with E-state index in [1.165, 1.54) is 0 Å². The van der Waals surface area contributed by atoms with Crippen molar-refractivity contribution in [2.24, 2.45) is 10.7 Å². The summed E-state index contributed by atoms with van der Waals surface area (Å²) in [5.74, 6) is 2.71. The van der Waals surface area contributed by atoms with E-state index < -0.39 is 0 Å². The topological polar surface area (TPSA) is 98.6 Å². The smallest absolute Gasteiger partial charge is 0.223 e. The number of ether oxygens (including phenoxy) is 1. The Labute approximate surface area is 162 Å². The van der Waals surface area contributed by atoms with Crippen LogP contribution in [0.25, 0.3) is 0 Å². The van der Waals surface area contributed by atoms with Gasteiger partial charge in [-0.05, 0) is 24.3 Å². The molecule has 0 aliphatic heterocycles. The molecule has 0 aliphatic rings. The Morgan fingerprint density at radius 3 is 2.64 bits per heavy atom. The zero-order valence-corrected chi connectivity index (χ0v) is 15.9. The first-order chi connectivity index (χ1) is 11.7. The molecule has 0 saturated heterocycles. The Balaban J connectivity index is 0.00000225. The first-order valence-electron chi connectivity index (χ1n) is 7.38. The summed E-state index contributed by atoms with van der Waals surface area (Å²) in [6, 6.07) is 17.0.